The molecular formula is C13H13ClN2O2S. The first kappa shape index (κ1) is 13.8. The fourth-order valence-electron chi connectivity index (χ4n) is 1.39. The number of amides is 1. The Morgan fingerprint density at radius 3 is 2.68 bits per heavy atom. The number of hydrogen-bond donors (Lipinski definition) is 1. The molecule has 1 N–H and O–H groups in total. The zero-order valence-corrected chi connectivity index (χ0v) is 12.1. The summed E-state index contributed by atoms with van der Waals surface area (Å²) in [7, 11) is 0. The summed E-state index contributed by atoms with van der Waals surface area (Å²) in [5.41, 5.74) is 0.881. The van der Waals surface area contributed by atoms with Crippen LogP contribution in [0.3, 0.4) is 0 Å². The van der Waals surface area contributed by atoms with Gasteiger partial charge in [0.15, 0.2) is 11.2 Å². The van der Waals surface area contributed by atoms with E-state index in [4.69, 9.17) is 16.3 Å². The molecular weight excluding hydrogens is 284 g/mol. The summed E-state index contributed by atoms with van der Waals surface area (Å²) < 4.78 is 5.52. The Bertz CT molecular complexity index is 568. The van der Waals surface area contributed by atoms with Crippen LogP contribution in [-0.2, 0) is 4.79 Å². The minimum atomic E-state index is -0.606. The molecule has 2 rings (SSSR count). The molecule has 1 amide bonds. The maximum atomic E-state index is 11.9. The zero-order chi connectivity index (χ0) is 13.8. The molecule has 0 radical (unpaired) electrons. The number of hydrogen-bond acceptors (Lipinski definition) is 4. The average molecular weight is 297 g/mol. The van der Waals surface area contributed by atoms with Crippen LogP contribution in [0.2, 0.25) is 5.02 Å². The van der Waals surface area contributed by atoms with Gasteiger partial charge in [-0.3, -0.25) is 10.1 Å². The zero-order valence-electron chi connectivity index (χ0n) is 10.5. The van der Waals surface area contributed by atoms with Crippen LogP contribution in [0.25, 0.3) is 0 Å². The number of aromatic nitrogens is 1. The molecule has 100 valence electrons. The maximum absolute atomic E-state index is 11.9. The van der Waals surface area contributed by atoms with Gasteiger partial charge in [0.25, 0.3) is 5.91 Å². The average Bonchev–Trinajstić information content (AvgIpc) is 2.77. The fourth-order valence-corrected chi connectivity index (χ4v) is 2.21. The van der Waals surface area contributed by atoms with Crippen LogP contribution in [0.15, 0.2) is 29.6 Å². The first-order valence-corrected chi connectivity index (χ1v) is 6.95. The molecule has 0 aliphatic rings. The molecule has 0 fully saturated rings. The highest BCUT2D eigenvalue weighted by Crippen LogP contribution is 2.18. The minimum Gasteiger partial charge on any atom is -0.481 e. The van der Waals surface area contributed by atoms with Gasteiger partial charge >= 0.3 is 0 Å². The second kappa shape index (κ2) is 6.04. The molecule has 2 aromatic rings. The molecule has 1 aromatic carbocycles. The van der Waals surface area contributed by atoms with E-state index in [9.17, 15) is 4.79 Å². The number of benzene rings is 1. The van der Waals surface area contributed by atoms with Gasteiger partial charge in [-0.05, 0) is 38.1 Å². The molecule has 0 bridgehead atoms. The van der Waals surface area contributed by atoms with Crippen molar-refractivity contribution in [3.05, 3.63) is 40.4 Å². The first-order valence-electron chi connectivity index (χ1n) is 5.70. The van der Waals surface area contributed by atoms with Crippen molar-refractivity contribution in [2.45, 2.75) is 20.0 Å². The Hall–Kier alpha value is -1.59. The molecule has 1 heterocycles. The number of rotatable bonds is 4. The van der Waals surface area contributed by atoms with Gasteiger partial charge in [0.1, 0.15) is 5.75 Å². The SMILES string of the molecule is Cc1csc(NC(=O)C(C)Oc2ccc(Cl)cc2)n1. The highest BCUT2D eigenvalue weighted by Gasteiger charge is 2.16. The second-order valence-electron chi connectivity index (χ2n) is 4.00. The Balaban J connectivity index is 1.94. The van der Waals surface area contributed by atoms with E-state index in [1.54, 1.807) is 31.2 Å². The molecule has 0 saturated carbocycles. The lowest BCUT2D eigenvalue weighted by atomic mass is 10.3. The molecule has 6 heteroatoms. The second-order valence-corrected chi connectivity index (χ2v) is 5.29. The molecule has 4 nitrogen and oxygen atoms in total. The Morgan fingerprint density at radius 2 is 2.11 bits per heavy atom. The summed E-state index contributed by atoms with van der Waals surface area (Å²) in [4.78, 5) is 16.1. The lowest BCUT2D eigenvalue weighted by Gasteiger charge is -2.13. The first-order chi connectivity index (χ1) is 9.04. The maximum Gasteiger partial charge on any atom is 0.266 e. The number of nitrogens with one attached hydrogen (secondary N) is 1. The van der Waals surface area contributed by atoms with Crippen molar-refractivity contribution in [1.82, 2.24) is 4.98 Å². The molecule has 1 aromatic heterocycles. The third-order valence-corrected chi connectivity index (χ3v) is 3.47. The van der Waals surface area contributed by atoms with Crippen molar-refractivity contribution in [3.8, 4) is 5.75 Å². The summed E-state index contributed by atoms with van der Waals surface area (Å²) in [6.45, 7) is 3.56. The summed E-state index contributed by atoms with van der Waals surface area (Å²) >= 11 is 7.17. The van der Waals surface area contributed by atoms with E-state index in [1.807, 2.05) is 12.3 Å². The quantitative estimate of drug-likeness (QED) is 0.939. The summed E-state index contributed by atoms with van der Waals surface area (Å²) in [6, 6.07) is 6.87. The van der Waals surface area contributed by atoms with Crippen molar-refractivity contribution in [2.24, 2.45) is 0 Å². The number of halogens is 1. The van der Waals surface area contributed by atoms with Gasteiger partial charge in [0.2, 0.25) is 0 Å². The monoisotopic (exact) mass is 296 g/mol. The van der Waals surface area contributed by atoms with E-state index in [0.717, 1.165) is 5.69 Å². The summed E-state index contributed by atoms with van der Waals surface area (Å²) in [5.74, 6) is 0.367. The number of carbonyl (C=O) groups is 1. The fraction of sp³-hybridized carbons (Fsp3) is 0.231. The molecule has 1 unspecified atom stereocenters. The predicted octanol–water partition coefficient (Wildman–Crippen LogP) is 3.51. The van der Waals surface area contributed by atoms with Gasteiger partial charge in [-0.15, -0.1) is 11.3 Å². The van der Waals surface area contributed by atoms with Crippen LogP contribution in [0.4, 0.5) is 5.13 Å². The van der Waals surface area contributed by atoms with Crippen molar-refractivity contribution in [1.29, 1.82) is 0 Å². The van der Waals surface area contributed by atoms with Crippen molar-refractivity contribution in [2.75, 3.05) is 5.32 Å². The lowest BCUT2D eigenvalue weighted by molar-refractivity contribution is -0.122. The van der Waals surface area contributed by atoms with Crippen LogP contribution >= 0.6 is 22.9 Å². The van der Waals surface area contributed by atoms with E-state index in [2.05, 4.69) is 10.3 Å². The van der Waals surface area contributed by atoms with Crippen molar-refractivity contribution < 1.29 is 9.53 Å². The highest BCUT2D eigenvalue weighted by molar-refractivity contribution is 7.13. The normalized spacial score (nSPS) is 11.9. The molecule has 0 saturated heterocycles. The molecule has 0 aliphatic heterocycles. The third-order valence-electron chi connectivity index (χ3n) is 2.34. The van der Waals surface area contributed by atoms with E-state index in [1.165, 1.54) is 11.3 Å². The molecule has 19 heavy (non-hydrogen) atoms. The standard InChI is InChI=1S/C13H13ClN2O2S/c1-8-7-19-13(15-8)16-12(17)9(2)18-11-5-3-10(14)4-6-11/h3-7,9H,1-2H3,(H,15,16,17). The number of ether oxygens (including phenoxy) is 1. The van der Waals surface area contributed by atoms with E-state index >= 15 is 0 Å². The van der Waals surface area contributed by atoms with Gasteiger partial charge < -0.3 is 4.74 Å². The van der Waals surface area contributed by atoms with Gasteiger partial charge in [0.05, 0.1) is 5.69 Å². The third kappa shape index (κ3) is 3.94. The van der Waals surface area contributed by atoms with Gasteiger partial charge in [-0.25, -0.2) is 4.98 Å². The number of aryl methyl sites for hydroxylation is 1. The van der Waals surface area contributed by atoms with E-state index in [-0.39, 0.29) is 5.91 Å². The Labute approximate surface area is 120 Å². The van der Waals surface area contributed by atoms with Crippen LogP contribution in [0.5, 0.6) is 5.75 Å². The Kier molecular flexibility index (Phi) is 4.39. The largest absolute Gasteiger partial charge is 0.481 e. The van der Waals surface area contributed by atoms with Gasteiger partial charge in [-0.1, -0.05) is 11.6 Å². The Morgan fingerprint density at radius 1 is 1.42 bits per heavy atom. The number of nitrogens with zero attached hydrogens (tertiary/aromatic N) is 1. The number of carbonyl (C=O) groups excluding carboxylic acids is 1. The van der Waals surface area contributed by atoms with Crippen LogP contribution < -0.4 is 10.1 Å². The van der Waals surface area contributed by atoms with Gasteiger partial charge in [-0.2, -0.15) is 0 Å². The molecule has 1 atom stereocenters. The van der Waals surface area contributed by atoms with E-state index in [0.29, 0.717) is 15.9 Å². The molecule has 0 spiro atoms. The number of thiazole rings is 1. The van der Waals surface area contributed by atoms with Crippen molar-refractivity contribution >= 4 is 34.0 Å². The van der Waals surface area contributed by atoms with Crippen LogP contribution in [-0.4, -0.2) is 17.0 Å². The summed E-state index contributed by atoms with van der Waals surface area (Å²) in [6.07, 6.45) is -0.606. The van der Waals surface area contributed by atoms with E-state index < -0.39 is 6.10 Å². The molecule has 0 aliphatic carbocycles. The minimum absolute atomic E-state index is 0.232. The predicted molar refractivity (Wildman–Crippen MR) is 77.0 cm³/mol. The van der Waals surface area contributed by atoms with Gasteiger partial charge in [0, 0.05) is 10.4 Å². The summed E-state index contributed by atoms with van der Waals surface area (Å²) in [5, 5.41) is 5.79. The lowest BCUT2D eigenvalue weighted by Crippen LogP contribution is -2.30. The number of anilines is 1. The van der Waals surface area contributed by atoms with Crippen molar-refractivity contribution in [3.63, 3.8) is 0 Å². The smallest absolute Gasteiger partial charge is 0.266 e. The topological polar surface area (TPSA) is 51.2 Å². The highest BCUT2D eigenvalue weighted by atomic mass is 35.5. The van der Waals surface area contributed by atoms with Crippen LogP contribution in [0.1, 0.15) is 12.6 Å². The van der Waals surface area contributed by atoms with Crippen LogP contribution in [0, 0.1) is 6.92 Å².